The predicted octanol–water partition coefficient (Wildman–Crippen LogP) is 3.28. The zero-order valence-corrected chi connectivity index (χ0v) is 15.9. The van der Waals surface area contributed by atoms with Gasteiger partial charge in [-0.2, -0.15) is 0 Å². The number of H-pyrrole nitrogens is 1. The van der Waals surface area contributed by atoms with Gasteiger partial charge < -0.3 is 15.6 Å². The molecule has 0 unspecified atom stereocenters. The van der Waals surface area contributed by atoms with Crippen LogP contribution in [0.1, 0.15) is 15.9 Å². The Morgan fingerprint density at radius 1 is 1.07 bits per heavy atom. The summed E-state index contributed by atoms with van der Waals surface area (Å²) in [5, 5.41) is 1.06. The van der Waals surface area contributed by atoms with Crippen molar-refractivity contribution in [2.24, 2.45) is 0 Å². The first kappa shape index (κ1) is 17.7. The highest BCUT2D eigenvalue weighted by molar-refractivity contribution is 5.96. The molecule has 0 aromatic carbocycles. The molecule has 4 aromatic rings. The first-order valence-corrected chi connectivity index (χ1v) is 8.82. The summed E-state index contributed by atoms with van der Waals surface area (Å²) < 4.78 is 0. The number of pyridine rings is 3. The Bertz CT molecular complexity index is 1180. The zero-order chi connectivity index (χ0) is 19.8. The van der Waals surface area contributed by atoms with Crippen LogP contribution in [0.15, 0.2) is 49.1 Å². The lowest BCUT2D eigenvalue weighted by Crippen LogP contribution is -2.21. The van der Waals surface area contributed by atoms with E-state index in [9.17, 15) is 4.79 Å². The van der Waals surface area contributed by atoms with Crippen LogP contribution in [0.5, 0.6) is 0 Å². The number of hydrogen-bond acceptors (Lipinski definition) is 5. The second-order valence-corrected chi connectivity index (χ2v) is 6.84. The lowest BCUT2D eigenvalue weighted by Gasteiger charge is -2.11. The Morgan fingerprint density at radius 2 is 1.89 bits per heavy atom. The first-order valence-electron chi connectivity index (χ1n) is 8.82. The number of aromatic amines is 1. The van der Waals surface area contributed by atoms with Crippen LogP contribution >= 0.6 is 0 Å². The molecule has 140 valence electrons. The van der Waals surface area contributed by atoms with E-state index in [1.54, 1.807) is 44.8 Å². The number of rotatable bonds is 3. The van der Waals surface area contributed by atoms with Gasteiger partial charge in [0.2, 0.25) is 0 Å². The molecule has 0 fully saturated rings. The highest BCUT2D eigenvalue weighted by Crippen LogP contribution is 2.33. The zero-order valence-electron chi connectivity index (χ0n) is 15.9. The number of aromatic nitrogens is 4. The van der Waals surface area contributed by atoms with Crippen molar-refractivity contribution in [3.8, 4) is 22.4 Å². The molecule has 1 amide bonds. The number of nitrogen functional groups attached to an aromatic ring is 1. The summed E-state index contributed by atoms with van der Waals surface area (Å²) in [4.78, 5) is 29.9. The maximum absolute atomic E-state index is 12.1. The van der Waals surface area contributed by atoms with Gasteiger partial charge in [0.1, 0.15) is 11.5 Å². The molecule has 0 saturated heterocycles. The van der Waals surface area contributed by atoms with Crippen LogP contribution in [0.25, 0.3) is 33.4 Å². The Hall–Kier alpha value is -3.74. The maximum atomic E-state index is 12.1. The smallest absolute Gasteiger partial charge is 0.254 e. The number of hydrogen-bond donors (Lipinski definition) is 2. The van der Waals surface area contributed by atoms with Crippen LogP contribution in [-0.4, -0.2) is 44.8 Å². The molecule has 4 aromatic heterocycles. The fraction of sp³-hybridized carbons (Fsp3) is 0.143. The maximum Gasteiger partial charge on any atom is 0.254 e. The minimum Gasteiger partial charge on any atom is -0.383 e. The van der Waals surface area contributed by atoms with Crippen LogP contribution in [0.2, 0.25) is 0 Å². The summed E-state index contributed by atoms with van der Waals surface area (Å²) >= 11 is 0. The number of fused-ring (bicyclic) bond motifs is 1. The molecule has 0 aliphatic rings. The Balaban J connectivity index is 1.80. The van der Waals surface area contributed by atoms with Crippen molar-refractivity contribution < 1.29 is 4.79 Å². The van der Waals surface area contributed by atoms with Crippen LogP contribution < -0.4 is 5.73 Å². The summed E-state index contributed by atoms with van der Waals surface area (Å²) in [6.45, 7) is 2.04. The first-order chi connectivity index (χ1) is 13.5. The Kier molecular flexibility index (Phi) is 4.27. The molecule has 0 aliphatic heterocycles. The summed E-state index contributed by atoms with van der Waals surface area (Å²) in [7, 11) is 3.42. The van der Waals surface area contributed by atoms with Crippen LogP contribution in [0.4, 0.5) is 5.82 Å². The van der Waals surface area contributed by atoms with E-state index in [-0.39, 0.29) is 5.91 Å². The molecule has 28 heavy (non-hydrogen) atoms. The number of carbonyl (C=O) groups is 1. The van der Waals surface area contributed by atoms with Gasteiger partial charge in [0.05, 0.1) is 11.3 Å². The average molecular weight is 372 g/mol. The molecular weight excluding hydrogens is 352 g/mol. The monoisotopic (exact) mass is 372 g/mol. The number of nitrogens with two attached hydrogens (primary N) is 1. The van der Waals surface area contributed by atoms with Crippen molar-refractivity contribution in [3.63, 3.8) is 0 Å². The number of aryl methyl sites for hydroxylation is 1. The number of anilines is 1. The molecule has 0 bridgehead atoms. The van der Waals surface area contributed by atoms with Gasteiger partial charge in [-0.25, -0.2) is 9.97 Å². The van der Waals surface area contributed by atoms with Crippen molar-refractivity contribution >= 4 is 22.8 Å². The van der Waals surface area contributed by atoms with Crippen LogP contribution in [0, 0.1) is 6.92 Å². The molecule has 0 aliphatic carbocycles. The van der Waals surface area contributed by atoms with E-state index in [1.807, 2.05) is 25.3 Å². The Labute approximate surface area is 162 Å². The number of amides is 1. The van der Waals surface area contributed by atoms with E-state index in [4.69, 9.17) is 5.73 Å². The quantitative estimate of drug-likeness (QED) is 0.575. The van der Waals surface area contributed by atoms with Crippen molar-refractivity contribution in [2.45, 2.75) is 6.92 Å². The number of carbonyl (C=O) groups excluding carboxylic acids is 1. The summed E-state index contributed by atoms with van der Waals surface area (Å²) in [6.07, 6.45) is 7.02. The van der Waals surface area contributed by atoms with E-state index in [0.717, 1.165) is 33.3 Å². The average Bonchev–Trinajstić information content (AvgIpc) is 3.09. The van der Waals surface area contributed by atoms with Gasteiger partial charge in [0.25, 0.3) is 5.91 Å². The fourth-order valence-electron chi connectivity index (χ4n) is 3.23. The van der Waals surface area contributed by atoms with E-state index in [1.165, 1.54) is 4.90 Å². The van der Waals surface area contributed by atoms with Gasteiger partial charge in [0.15, 0.2) is 0 Å². The van der Waals surface area contributed by atoms with Crippen molar-refractivity contribution in [3.05, 3.63) is 60.2 Å². The third kappa shape index (κ3) is 2.96. The lowest BCUT2D eigenvalue weighted by atomic mass is 10.0. The highest BCUT2D eigenvalue weighted by Gasteiger charge is 2.14. The van der Waals surface area contributed by atoms with Gasteiger partial charge in [0, 0.05) is 55.4 Å². The van der Waals surface area contributed by atoms with Gasteiger partial charge in [-0.1, -0.05) is 0 Å². The number of nitrogens with one attached hydrogen (secondary N) is 1. The topological polar surface area (TPSA) is 101 Å². The SMILES string of the molecule is Cc1c[nH]c2nccc(-c3cnc(N)c(-c4ccc(C(=O)N(C)C)cn4)c3)c12. The van der Waals surface area contributed by atoms with Gasteiger partial charge in [-0.3, -0.25) is 9.78 Å². The van der Waals surface area contributed by atoms with E-state index < -0.39 is 0 Å². The highest BCUT2D eigenvalue weighted by atomic mass is 16.2. The minimum atomic E-state index is -0.0963. The van der Waals surface area contributed by atoms with Crippen LogP contribution in [-0.2, 0) is 0 Å². The normalized spacial score (nSPS) is 11.0. The molecule has 7 nitrogen and oxygen atoms in total. The molecule has 7 heteroatoms. The fourth-order valence-corrected chi connectivity index (χ4v) is 3.23. The molecule has 0 radical (unpaired) electrons. The van der Waals surface area contributed by atoms with E-state index >= 15 is 0 Å². The Morgan fingerprint density at radius 3 is 2.61 bits per heavy atom. The second-order valence-electron chi connectivity index (χ2n) is 6.84. The molecule has 4 heterocycles. The lowest BCUT2D eigenvalue weighted by molar-refractivity contribution is 0.0827. The molecule has 0 saturated carbocycles. The predicted molar refractivity (Wildman–Crippen MR) is 110 cm³/mol. The molecule has 0 spiro atoms. The van der Waals surface area contributed by atoms with E-state index in [2.05, 4.69) is 19.9 Å². The van der Waals surface area contributed by atoms with Crippen LogP contribution in [0.3, 0.4) is 0 Å². The third-order valence-electron chi connectivity index (χ3n) is 4.69. The molecule has 0 atom stereocenters. The molecular formula is C21H20N6O. The summed E-state index contributed by atoms with van der Waals surface area (Å²) in [5.41, 5.74) is 11.9. The van der Waals surface area contributed by atoms with Crippen molar-refractivity contribution in [2.75, 3.05) is 19.8 Å². The standard InChI is InChI=1S/C21H20N6O/c1-12-9-26-20-18(12)15(6-7-23-20)14-8-16(19(22)25-11-14)17-5-4-13(10-24-17)21(28)27(2)3/h4-11H,1-3H3,(H2,22,25)(H,23,26). The largest absolute Gasteiger partial charge is 0.383 e. The van der Waals surface area contributed by atoms with Crippen molar-refractivity contribution in [1.29, 1.82) is 0 Å². The van der Waals surface area contributed by atoms with Gasteiger partial charge >= 0.3 is 0 Å². The molecule has 3 N–H and O–H groups in total. The van der Waals surface area contributed by atoms with E-state index in [0.29, 0.717) is 17.1 Å². The summed E-state index contributed by atoms with van der Waals surface area (Å²) in [5.74, 6) is 0.292. The third-order valence-corrected chi connectivity index (χ3v) is 4.69. The van der Waals surface area contributed by atoms with Crippen molar-refractivity contribution in [1.82, 2.24) is 24.8 Å². The number of nitrogens with zero attached hydrogens (tertiary/aromatic N) is 4. The summed E-state index contributed by atoms with van der Waals surface area (Å²) in [6, 6.07) is 7.47. The minimum absolute atomic E-state index is 0.0963. The van der Waals surface area contributed by atoms with Gasteiger partial charge in [-0.05, 0) is 42.3 Å². The molecule has 4 rings (SSSR count). The van der Waals surface area contributed by atoms with Gasteiger partial charge in [-0.15, -0.1) is 0 Å². The second kappa shape index (κ2) is 6.77.